The van der Waals surface area contributed by atoms with Crippen LogP contribution in [0.5, 0.6) is 0 Å². The minimum Gasteiger partial charge on any atom is -0.358 e. The Labute approximate surface area is 95.7 Å². The molecule has 84 valence electrons. The molecule has 4 nitrogen and oxygen atoms in total. The third-order valence-electron chi connectivity index (χ3n) is 1.95. The van der Waals surface area contributed by atoms with Crippen LogP contribution in [-0.4, -0.2) is 30.6 Å². The van der Waals surface area contributed by atoms with Gasteiger partial charge >= 0.3 is 0 Å². The van der Waals surface area contributed by atoms with Crippen LogP contribution >= 0.6 is 11.6 Å². The van der Waals surface area contributed by atoms with E-state index in [4.69, 9.17) is 11.6 Å². The van der Waals surface area contributed by atoms with Gasteiger partial charge in [0.05, 0.1) is 6.20 Å². The van der Waals surface area contributed by atoms with Gasteiger partial charge in [-0.2, -0.15) is 4.98 Å². The molecule has 0 aliphatic rings. The predicted octanol–water partition coefficient (Wildman–Crippen LogP) is 2.26. The molecule has 0 aromatic carbocycles. The first-order chi connectivity index (χ1) is 7.04. The molecule has 0 aliphatic heterocycles. The number of anilines is 2. The maximum absolute atomic E-state index is 6.04. The summed E-state index contributed by atoms with van der Waals surface area (Å²) < 4.78 is 0. The van der Waals surface area contributed by atoms with E-state index in [9.17, 15) is 0 Å². The van der Waals surface area contributed by atoms with Gasteiger partial charge < -0.3 is 10.2 Å². The van der Waals surface area contributed by atoms with Gasteiger partial charge in [-0.3, -0.25) is 0 Å². The first-order valence-electron chi connectivity index (χ1n) is 4.96. The van der Waals surface area contributed by atoms with Gasteiger partial charge in [-0.15, -0.1) is 0 Å². The highest BCUT2D eigenvalue weighted by Gasteiger charge is 2.10. The Hall–Kier alpha value is -1.03. The van der Waals surface area contributed by atoms with Crippen molar-refractivity contribution in [1.29, 1.82) is 0 Å². The Morgan fingerprint density at radius 3 is 2.73 bits per heavy atom. The van der Waals surface area contributed by atoms with Gasteiger partial charge in [0.25, 0.3) is 0 Å². The fourth-order valence-electron chi connectivity index (χ4n) is 1.38. The Balaban J connectivity index is 2.91. The molecule has 0 atom stereocenters. The molecule has 0 bridgehead atoms. The smallest absolute Gasteiger partial charge is 0.224 e. The highest BCUT2D eigenvalue weighted by atomic mass is 35.5. The lowest BCUT2D eigenvalue weighted by atomic mass is 10.2. The fourth-order valence-corrected chi connectivity index (χ4v) is 1.62. The van der Waals surface area contributed by atoms with Crippen molar-refractivity contribution < 1.29 is 0 Å². The Morgan fingerprint density at radius 2 is 2.20 bits per heavy atom. The normalized spacial score (nSPS) is 10.5. The number of nitrogens with zero attached hydrogens (tertiary/aromatic N) is 3. The summed E-state index contributed by atoms with van der Waals surface area (Å²) in [5, 5.41) is 3.48. The van der Waals surface area contributed by atoms with E-state index < -0.39 is 0 Å². The topological polar surface area (TPSA) is 41.1 Å². The zero-order chi connectivity index (χ0) is 11.4. The summed E-state index contributed by atoms with van der Waals surface area (Å²) in [5.74, 6) is 1.92. The SMILES string of the molecule is CNc1ncc(Cl)c(N(C)CC(C)C)n1. The van der Waals surface area contributed by atoms with Crippen molar-refractivity contribution in [2.24, 2.45) is 5.92 Å². The second kappa shape index (κ2) is 5.16. The third kappa shape index (κ3) is 3.23. The number of nitrogens with one attached hydrogen (secondary N) is 1. The van der Waals surface area contributed by atoms with Crippen LogP contribution in [0.4, 0.5) is 11.8 Å². The molecule has 0 aliphatic carbocycles. The number of hydrogen-bond acceptors (Lipinski definition) is 4. The monoisotopic (exact) mass is 228 g/mol. The zero-order valence-electron chi connectivity index (χ0n) is 9.58. The zero-order valence-corrected chi connectivity index (χ0v) is 10.3. The van der Waals surface area contributed by atoms with Gasteiger partial charge in [0.15, 0.2) is 5.82 Å². The van der Waals surface area contributed by atoms with Crippen LogP contribution in [0.1, 0.15) is 13.8 Å². The van der Waals surface area contributed by atoms with E-state index in [0.29, 0.717) is 16.9 Å². The quantitative estimate of drug-likeness (QED) is 0.859. The van der Waals surface area contributed by atoms with Gasteiger partial charge in [-0.1, -0.05) is 25.4 Å². The molecule has 0 radical (unpaired) electrons. The number of rotatable bonds is 4. The molecule has 0 saturated carbocycles. The molecule has 1 N–H and O–H groups in total. The van der Waals surface area contributed by atoms with Crippen molar-refractivity contribution in [3.05, 3.63) is 11.2 Å². The standard InChI is InChI=1S/C10H17ClN4/c1-7(2)6-15(4)9-8(11)5-13-10(12-3)14-9/h5,7H,6H2,1-4H3,(H,12,13,14). The van der Waals surface area contributed by atoms with E-state index in [1.54, 1.807) is 13.2 Å². The second-order valence-electron chi connectivity index (χ2n) is 3.89. The Kier molecular flexibility index (Phi) is 4.15. The Morgan fingerprint density at radius 1 is 1.53 bits per heavy atom. The molecule has 1 rings (SSSR count). The molecule has 0 spiro atoms. The first-order valence-corrected chi connectivity index (χ1v) is 5.33. The average Bonchev–Trinajstić information content (AvgIpc) is 2.17. The first kappa shape index (κ1) is 12.0. The lowest BCUT2D eigenvalue weighted by Crippen LogP contribution is -2.24. The van der Waals surface area contributed by atoms with Crippen LogP contribution in [0.3, 0.4) is 0 Å². The van der Waals surface area contributed by atoms with Crippen LogP contribution in [0.15, 0.2) is 6.20 Å². The largest absolute Gasteiger partial charge is 0.358 e. The summed E-state index contributed by atoms with van der Waals surface area (Å²) in [6, 6.07) is 0. The summed E-state index contributed by atoms with van der Waals surface area (Å²) in [6.07, 6.45) is 1.62. The highest BCUT2D eigenvalue weighted by Crippen LogP contribution is 2.23. The Bertz CT molecular complexity index is 327. The lowest BCUT2D eigenvalue weighted by molar-refractivity contribution is 0.634. The van der Waals surface area contributed by atoms with E-state index in [-0.39, 0.29) is 0 Å². The molecule has 0 unspecified atom stereocenters. The highest BCUT2D eigenvalue weighted by molar-refractivity contribution is 6.32. The lowest BCUT2D eigenvalue weighted by Gasteiger charge is -2.21. The summed E-state index contributed by atoms with van der Waals surface area (Å²) in [7, 11) is 3.77. The second-order valence-corrected chi connectivity index (χ2v) is 4.30. The van der Waals surface area contributed by atoms with Crippen molar-refractivity contribution >= 4 is 23.4 Å². The van der Waals surface area contributed by atoms with E-state index in [2.05, 4.69) is 29.1 Å². The summed E-state index contributed by atoms with van der Waals surface area (Å²) in [5.41, 5.74) is 0. The maximum Gasteiger partial charge on any atom is 0.224 e. The van der Waals surface area contributed by atoms with Crippen molar-refractivity contribution in [2.45, 2.75) is 13.8 Å². The van der Waals surface area contributed by atoms with Gasteiger partial charge in [-0.25, -0.2) is 4.98 Å². The summed E-state index contributed by atoms with van der Waals surface area (Å²) >= 11 is 6.04. The van der Waals surface area contributed by atoms with Crippen molar-refractivity contribution in [3.8, 4) is 0 Å². The van der Waals surface area contributed by atoms with Crippen LogP contribution in [-0.2, 0) is 0 Å². The van der Waals surface area contributed by atoms with E-state index in [0.717, 1.165) is 12.4 Å². The summed E-state index contributed by atoms with van der Waals surface area (Å²) in [4.78, 5) is 10.4. The van der Waals surface area contributed by atoms with Crippen molar-refractivity contribution in [1.82, 2.24) is 9.97 Å². The average molecular weight is 229 g/mol. The number of hydrogen-bond donors (Lipinski definition) is 1. The summed E-state index contributed by atoms with van der Waals surface area (Å²) in [6.45, 7) is 5.23. The van der Waals surface area contributed by atoms with E-state index >= 15 is 0 Å². The molecular weight excluding hydrogens is 212 g/mol. The van der Waals surface area contributed by atoms with Crippen LogP contribution < -0.4 is 10.2 Å². The molecule has 1 heterocycles. The minimum absolute atomic E-state index is 0.569. The predicted molar refractivity (Wildman–Crippen MR) is 64.7 cm³/mol. The number of aromatic nitrogens is 2. The van der Waals surface area contributed by atoms with E-state index in [1.807, 2.05) is 11.9 Å². The molecule has 1 aromatic rings. The molecule has 0 fully saturated rings. The van der Waals surface area contributed by atoms with Crippen molar-refractivity contribution in [3.63, 3.8) is 0 Å². The van der Waals surface area contributed by atoms with E-state index in [1.165, 1.54) is 0 Å². The minimum atomic E-state index is 0.569. The third-order valence-corrected chi connectivity index (χ3v) is 2.22. The molecule has 15 heavy (non-hydrogen) atoms. The van der Waals surface area contributed by atoms with Gasteiger partial charge in [0, 0.05) is 20.6 Å². The van der Waals surface area contributed by atoms with Gasteiger partial charge in [-0.05, 0) is 5.92 Å². The maximum atomic E-state index is 6.04. The van der Waals surface area contributed by atoms with Crippen LogP contribution in [0.25, 0.3) is 0 Å². The van der Waals surface area contributed by atoms with Crippen molar-refractivity contribution in [2.75, 3.05) is 30.9 Å². The van der Waals surface area contributed by atoms with Gasteiger partial charge in [0.1, 0.15) is 5.02 Å². The fraction of sp³-hybridized carbons (Fsp3) is 0.600. The molecule has 0 saturated heterocycles. The molecular formula is C10H17ClN4. The molecule has 0 amide bonds. The molecule has 5 heteroatoms. The molecule has 1 aromatic heterocycles. The number of halogens is 1. The van der Waals surface area contributed by atoms with Crippen LogP contribution in [0.2, 0.25) is 5.02 Å². The van der Waals surface area contributed by atoms with Gasteiger partial charge in [0.2, 0.25) is 5.95 Å². The van der Waals surface area contributed by atoms with Crippen LogP contribution in [0, 0.1) is 5.92 Å².